The SMILES string of the molecule is COC(=O)c1cc(N)nc(NCc2c(C)cccc2C)c1. The van der Waals surface area contributed by atoms with Crippen molar-refractivity contribution in [2.45, 2.75) is 20.4 Å². The summed E-state index contributed by atoms with van der Waals surface area (Å²) in [5, 5.41) is 3.20. The Morgan fingerprint density at radius 2 is 1.95 bits per heavy atom. The highest BCUT2D eigenvalue weighted by molar-refractivity contribution is 5.91. The van der Waals surface area contributed by atoms with Crippen molar-refractivity contribution >= 4 is 17.6 Å². The second kappa shape index (κ2) is 6.26. The molecule has 110 valence electrons. The van der Waals surface area contributed by atoms with E-state index in [0.717, 1.165) is 0 Å². The first-order valence-electron chi connectivity index (χ1n) is 6.66. The Hall–Kier alpha value is -2.56. The van der Waals surface area contributed by atoms with Gasteiger partial charge in [0.1, 0.15) is 11.6 Å². The molecule has 0 saturated carbocycles. The van der Waals surface area contributed by atoms with Gasteiger partial charge in [-0.2, -0.15) is 0 Å². The van der Waals surface area contributed by atoms with E-state index in [1.54, 1.807) is 6.07 Å². The van der Waals surface area contributed by atoms with Crippen LogP contribution in [0.1, 0.15) is 27.0 Å². The number of esters is 1. The zero-order chi connectivity index (χ0) is 15.4. The summed E-state index contributed by atoms with van der Waals surface area (Å²) in [5.74, 6) is 0.402. The van der Waals surface area contributed by atoms with Crippen molar-refractivity contribution in [1.29, 1.82) is 0 Å². The fourth-order valence-electron chi connectivity index (χ4n) is 2.18. The summed E-state index contributed by atoms with van der Waals surface area (Å²) < 4.78 is 4.70. The highest BCUT2D eigenvalue weighted by Gasteiger charge is 2.09. The molecule has 2 rings (SSSR count). The molecule has 0 amide bonds. The third kappa shape index (κ3) is 3.51. The lowest BCUT2D eigenvalue weighted by Crippen LogP contribution is -2.09. The zero-order valence-electron chi connectivity index (χ0n) is 12.4. The lowest BCUT2D eigenvalue weighted by Gasteiger charge is -2.12. The maximum atomic E-state index is 11.6. The molecule has 5 heteroatoms. The summed E-state index contributed by atoms with van der Waals surface area (Å²) >= 11 is 0. The number of pyridine rings is 1. The second-order valence-corrected chi connectivity index (χ2v) is 4.88. The summed E-state index contributed by atoms with van der Waals surface area (Å²) in [6.45, 7) is 4.75. The van der Waals surface area contributed by atoms with E-state index < -0.39 is 5.97 Å². The quantitative estimate of drug-likeness (QED) is 0.844. The van der Waals surface area contributed by atoms with E-state index in [1.807, 2.05) is 6.07 Å². The van der Waals surface area contributed by atoms with Crippen molar-refractivity contribution < 1.29 is 9.53 Å². The molecule has 0 spiro atoms. The lowest BCUT2D eigenvalue weighted by molar-refractivity contribution is 0.0600. The molecule has 0 fully saturated rings. The number of nitrogen functional groups attached to an aromatic ring is 1. The predicted octanol–water partition coefficient (Wildman–Crippen LogP) is 2.68. The summed E-state index contributed by atoms with van der Waals surface area (Å²) in [7, 11) is 1.34. The Bertz CT molecular complexity index is 648. The molecule has 21 heavy (non-hydrogen) atoms. The van der Waals surface area contributed by atoms with Crippen LogP contribution in [0.5, 0.6) is 0 Å². The predicted molar refractivity (Wildman–Crippen MR) is 83.2 cm³/mol. The van der Waals surface area contributed by atoms with Crippen molar-refractivity contribution in [2.75, 3.05) is 18.2 Å². The summed E-state index contributed by atoms with van der Waals surface area (Å²) in [5.41, 5.74) is 9.73. The Morgan fingerprint density at radius 3 is 2.57 bits per heavy atom. The minimum atomic E-state index is -0.431. The van der Waals surface area contributed by atoms with Crippen LogP contribution in [0.25, 0.3) is 0 Å². The van der Waals surface area contributed by atoms with Gasteiger partial charge < -0.3 is 15.8 Å². The molecule has 0 aliphatic carbocycles. The molecule has 2 aromatic rings. The number of hydrogen-bond donors (Lipinski definition) is 2. The minimum absolute atomic E-state index is 0.280. The highest BCUT2D eigenvalue weighted by atomic mass is 16.5. The molecular weight excluding hydrogens is 266 g/mol. The van der Waals surface area contributed by atoms with Gasteiger partial charge in [-0.1, -0.05) is 18.2 Å². The topological polar surface area (TPSA) is 77.2 Å². The van der Waals surface area contributed by atoms with Crippen LogP contribution < -0.4 is 11.1 Å². The van der Waals surface area contributed by atoms with E-state index in [4.69, 9.17) is 10.5 Å². The first-order valence-corrected chi connectivity index (χ1v) is 6.66. The average Bonchev–Trinajstić information content (AvgIpc) is 2.45. The summed E-state index contributed by atoms with van der Waals surface area (Å²) in [4.78, 5) is 15.8. The molecule has 1 heterocycles. The molecule has 5 nitrogen and oxygen atoms in total. The number of rotatable bonds is 4. The van der Waals surface area contributed by atoms with Gasteiger partial charge in [-0.3, -0.25) is 0 Å². The maximum absolute atomic E-state index is 11.6. The third-order valence-corrected chi connectivity index (χ3v) is 3.36. The monoisotopic (exact) mass is 285 g/mol. The number of nitrogens with two attached hydrogens (primary N) is 1. The molecular formula is C16H19N3O2. The molecule has 0 bridgehead atoms. The van der Waals surface area contributed by atoms with Gasteiger partial charge in [0.15, 0.2) is 0 Å². The fraction of sp³-hybridized carbons (Fsp3) is 0.250. The number of anilines is 2. The average molecular weight is 285 g/mol. The molecule has 0 saturated heterocycles. The molecule has 0 aliphatic rings. The van der Waals surface area contributed by atoms with Gasteiger partial charge in [-0.05, 0) is 42.7 Å². The van der Waals surface area contributed by atoms with Gasteiger partial charge in [0, 0.05) is 6.54 Å². The van der Waals surface area contributed by atoms with Crippen LogP contribution in [0.2, 0.25) is 0 Å². The minimum Gasteiger partial charge on any atom is -0.465 e. The molecule has 0 aliphatic heterocycles. The molecule has 0 unspecified atom stereocenters. The third-order valence-electron chi connectivity index (χ3n) is 3.36. The number of nitrogens with zero attached hydrogens (tertiary/aromatic N) is 1. The number of nitrogens with one attached hydrogen (secondary N) is 1. The number of aromatic nitrogens is 1. The van der Waals surface area contributed by atoms with Crippen LogP contribution in [0, 0.1) is 13.8 Å². The van der Waals surface area contributed by atoms with E-state index in [-0.39, 0.29) is 5.82 Å². The highest BCUT2D eigenvalue weighted by Crippen LogP contribution is 2.17. The summed E-state index contributed by atoms with van der Waals surface area (Å²) in [6.07, 6.45) is 0. The molecule has 1 aromatic carbocycles. The Labute approximate surface area is 124 Å². The maximum Gasteiger partial charge on any atom is 0.338 e. The molecule has 1 aromatic heterocycles. The Balaban J connectivity index is 2.20. The van der Waals surface area contributed by atoms with Gasteiger partial charge in [0.25, 0.3) is 0 Å². The number of methoxy groups -OCH3 is 1. The number of ether oxygens (including phenoxy) is 1. The van der Waals surface area contributed by atoms with Crippen LogP contribution in [-0.4, -0.2) is 18.1 Å². The van der Waals surface area contributed by atoms with E-state index in [2.05, 4.69) is 36.3 Å². The van der Waals surface area contributed by atoms with Crippen molar-refractivity contribution in [3.8, 4) is 0 Å². The number of aryl methyl sites for hydroxylation is 2. The van der Waals surface area contributed by atoms with Crippen LogP contribution in [0.3, 0.4) is 0 Å². The van der Waals surface area contributed by atoms with Gasteiger partial charge in [-0.25, -0.2) is 9.78 Å². The van der Waals surface area contributed by atoms with Gasteiger partial charge in [0.05, 0.1) is 12.7 Å². The molecule has 0 radical (unpaired) electrons. The number of benzene rings is 1. The van der Waals surface area contributed by atoms with Crippen molar-refractivity contribution in [3.05, 3.63) is 52.6 Å². The number of carbonyl (C=O) groups is 1. The van der Waals surface area contributed by atoms with Gasteiger partial charge >= 0.3 is 5.97 Å². The lowest BCUT2D eigenvalue weighted by atomic mass is 10.0. The van der Waals surface area contributed by atoms with E-state index in [1.165, 1.54) is 29.9 Å². The second-order valence-electron chi connectivity index (χ2n) is 4.88. The van der Waals surface area contributed by atoms with Gasteiger partial charge in [-0.15, -0.1) is 0 Å². The van der Waals surface area contributed by atoms with E-state index >= 15 is 0 Å². The smallest absolute Gasteiger partial charge is 0.338 e. The normalized spacial score (nSPS) is 10.2. The number of hydrogen-bond acceptors (Lipinski definition) is 5. The van der Waals surface area contributed by atoms with Crippen LogP contribution >= 0.6 is 0 Å². The molecule has 3 N–H and O–H groups in total. The van der Waals surface area contributed by atoms with Crippen LogP contribution in [0.15, 0.2) is 30.3 Å². The number of carbonyl (C=O) groups excluding carboxylic acids is 1. The standard InChI is InChI=1S/C16H19N3O2/c1-10-5-4-6-11(2)13(10)9-18-15-8-12(16(20)21-3)7-14(17)19-15/h4-8H,9H2,1-3H3,(H3,17,18,19). The van der Waals surface area contributed by atoms with Crippen LogP contribution in [-0.2, 0) is 11.3 Å². The van der Waals surface area contributed by atoms with Gasteiger partial charge in [0.2, 0.25) is 0 Å². The fourth-order valence-corrected chi connectivity index (χ4v) is 2.18. The van der Waals surface area contributed by atoms with Crippen molar-refractivity contribution in [3.63, 3.8) is 0 Å². The van der Waals surface area contributed by atoms with Crippen molar-refractivity contribution in [1.82, 2.24) is 4.98 Å². The van der Waals surface area contributed by atoms with Crippen molar-refractivity contribution in [2.24, 2.45) is 0 Å². The Kier molecular flexibility index (Phi) is 4.42. The summed E-state index contributed by atoms with van der Waals surface area (Å²) in [6, 6.07) is 9.29. The van der Waals surface area contributed by atoms with E-state index in [0.29, 0.717) is 17.9 Å². The largest absolute Gasteiger partial charge is 0.465 e. The van der Waals surface area contributed by atoms with E-state index in [9.17, 15) is 4.79 Å². The molecule has 0 atom stereocenters. The Morgan fingerprint density at radius 1 is 1.29 bits per heavy atom. The first-order chi connectivity index (χ1) is 10.0. The first kappa shape index (κ1) is 14.8. The zero-order valence-corrected chi connectivity index (χ0v) is 12.4. The van der Waals surface area contributed by atoms with Crippen LogP contribution in [0.4, 0.5) is 11.6 Å².